The van der Waals surface area contributed by atoms with Gasteiger partial charge in [0.05, 0.1) is 13.2 Å². The summed E-state index contributed by atoms with van der Waals surface area (Å²) in [6.45, 7) is 2.89. The standard InChI is InChI=1S/C12H22N2O5S/c1-9-4-3-5-13(7-9)20(17,18)14-8-10(15)6-11(14)12(16)19-2/h9-11,15H,3-8H2,1-2H3. The molecule has 8 heteroatoms. The van der Waals surface area contributed by atoms with Crippen molar-refractivity contribution in [3.8, 4) is 0 Å². The molecule has 0 radical (unpaired) electrons. The molecule has 0 bridgehead atoms. The number of piperidine rings is 1. The van der Waals surface area contributed by atoms with E-state index in [4.69, 9.17) is 0 Å². The second kappa shape index (κ2) is 5.97. The first-order valence-corrected chi connectivity index (χ1v) is 8.28. The van der Waals surface area contributed by atoms with Gasteiger partial charge < -0.3 is 9.84 Å². The number of hydrogen-bond acceptors (Lipinski definition) is 5. The first kappa shape index (κ1) is 15.7. The van der Waals surface area contributed by atoms with E-state index in [1.165, 1.54) is 11.4 Å². The van der Waals surface area contributed by atoms with Gasteiger partial charge in [0.2, 0.25) is 0 Å². The second-order valence-electron chi connectivity index (χ2n) is 5.61. The first-order chi connectivity index (χ1) is 9.36. The van der Waals surface area contributed by atoms with Crippen LogP contribution >= 0.6 is 0 Å². The molecule has 0 aromatic carbocycles. The molecule has 3 atom stereocenters. The zero-order valence-electron chi connectivity index (χ0n) is 11.9. The van der Waals surface area contributed by atoms with Crippen LogP contribution in [0.25, 0.3) is 0 Å². The van der Waals surface area contributed by atoms with Gasteiger partial charge in [0.1, 0.15) is 6.04 Å². The molecular formula is C12H22N2O5S. The Bertz CT molecular complexity index is 466. The molecule has 2 aliphatic heterocycles. The Morgan fingerprint density at radius 3 is 2.65 bits per heavy atom. The van der Waals surface area contributed by atoms with Gasteiger partial charge >= 0.3 is 5.97 Å². The molecule has 0 spiro atoms. The molecule has 2 rings (SSSR count). The summed E-state index contributed by atoms with van der Waals surface area (Å²) >= 11 is 0. The maximum atomic E-state index is 12.6. The van der Waals surface area contributed by atoms with Crippen molar-refractivity contribution in [3.63, 3.8) is 0 Å². The smallest absolute Gasteiger partial charge is 0.324 e. The molecule has 0 aliphatic carbocycles. The molecule has 2 saturated heterocycles. The Morgan fingerprint density at radius 2 is 2.05 bits per heavy atom. The monoisotopic (exact) mass is 306 g/mol. The molecule has 3 unspecified atom stereocenters. The van der Waals surface area contributed by atoms with Gasteiger partial charge in [-0.2, -0.15) is 17.0 Å². The highest BCUT2D eigenvalue weighted by molar-refractivity contribution is 7.86. The van der Waals surface area contributed by atoms with Crippen LogP contribution in [0.3, 0.4) is 0 Å². The fourth-order valence-electron chi connectivity index (χ4n) is 2.89. The summed E-state index contributed by atoms with van der Waals surface area (Å²) in [4.78, 5) is 11.7. The number of rotatable bonds is 3. The number of esters is 1. The fraction of sp³-hybridized carbons (Fsp3) is 0.917. The van der Waals surface area contributed by atoms with Crippen LogP contribution in [0.5, 0.6) is 0 Å². The highest BCUT2D eigenvalue weighted by Crippen LogP contribution is 2.27. The molecule has 0 aromatic heterocycles. The Balaban J connectivity index is 2.20. The quantitative estimate of drug-likeness (QED) is 0.715. The van der Waals surface area contributed by atoms with E-state index in [0.717, 1.165) is 17.1 Å². The Hall–Kier alpha value is -0.700. The zero-order chi connectivity index (χ0) is 14.9. The van der Waals surface area contributed by atoms with Crippen molar-refractivity contribution in [2.24, 2.45) is 5.92 Å². The third-order valence-electron chi connectivity index (χ3n) is 3.95. The van der Waals surface area contributed by atoms with Gasteiger partial charge in [-0.25, -0.2) is 0 Å². The van der Waals surface area contributed by atoms with E-state index in [0.29, 0.717) is 19.0 Å². The van der Waals surface area contributed by atoms with Gasteiger partial charge in [-0.15, -0.1) is 0 Å². The van der Waals surface area contributed by atoms with E-state index in [2.05, 4.69) is 4.74 Å². The van der Waals surface area contributed by atoms with Crippen LogP contribution in [-0.2, 0) is 19.7 Å². The number of carbonyl (C=O) groups excluding carboxylic acids is 1. The van der Waals surface area contributed by atoms with Crippen LogP contribution in [0.2, 0.25) is 0 Å². The molecule has 0 amide bonds. The largest absolute Gasteiger partial charge is 0.468 e. The molecule has 0 saturated carbocycles. The van der Waals surface area contributed by atoms with Crippen molar-refractivity contribution in [1.82, 2.24) is 8.61 Å². The predicted molar refractivity (Wildman–Crippen MR) is 72.0 cm³/mol. The topological polar surface area (TPSA) is 87.1 Å². The fourth-order valence-corrected chi connectivity index (χ4v) is 4.85. The normalized spacial score (nSPS) is 33.2. The van der Waals surface area contributed by atoms with Crippen LogP contribution in [0, 0.1) is 5.92 Å². The SMILES string of the molecule is COC(=O)C1CC(O)CN1S(=O)(=O)N1CCCC(C)C1. The van der Waals surface area contributed by atoms with Crippen molar-refractivity contribution in [2.75, 3.05) is 26.7 Å². The lowest BCUT2D eigenvalue weighted by Crippen LogP contribution is -2.51. The molecule has 2 fully saturated rings. The number of ether oxygens (including phenoxy) is 1. The van der Waals surface area contributed by atoms with Crippen LogP contribution in [0.1, 0.15) is 26.2 Å². The molecule has 116 valence electrons. The van der Waals surface area contributed by atoms with Crippen LogP contribution in [-0.4, -0.2) is 67.0 Å². The average molecular weight is 306 g/mol. The molecule has 2 aliphatic rings. The summed E-state index contributed by atoms with van der Waals surface area (Å²) in [5, 5.41) is 9.70. The van der Waals surface area contributed by atoms with E-state index in [1.807, 2.05) is 6.92 Å². The maximum absolute atomic E-state index is 12.6. The minimum absolute atomic E-state index is 0.0486. The lowest BCUT2D eigenvalue weighted by Gasteiger charge is -2.34. The molecular weight excluding hydrogens is 284 g/mol. The number of aliphatic hydroxyl groups is 1. The Kier molecular flexibility index (Phi) is 4.68. The number of nitrogens with zero attached hydrogens (tertiary/aromatic N) is 2. The molecule has 7 nitrogen and oxygen atoms in total. The number of aliphatic hydroxyl groups excluding tert-OH is 1. The van der Waals surface area contributed by atoms with E-state index in [9.17, 15) is 18.3 Å². The van der Waals surface area contributed by atoms with Gasteiger partial charge in [-0.05, 0) is 18.8 Å². The molecule has 20 heavy (non-hydrogen) atoms. The lowest BCUT2D eigenvalue weighted by molar-refractivity contribution is -0.144. The maximum Gasteiger partial charge on any atom is 0.324 e. The number of carbonyl (C=O) groups is 1. The first-order valence-electron chi connectivity index (χ1n) is 6.89. The van der Waals surface area contributed by atoms with Gasteiger partial charge in [0.25, 0.3) is 10.2 Å². The summed E-state index contributed by atoms with van der Waals surface area (Å²) in [5.41, 5.74) is 0. The third-order valence-corrected chi connectivity index (χ3v) is 5.93. The number of methoxy groups -OCH3 is 1. The average Bonchev–Trinajstić information content (AvgIpc) is 2.80. The van der Waals surface area contributed by atoms with Crippen LogP contribution in [0.15, 0.2) is 0 Å². The zero-order valence-corrected chi connectivity index (χ0v) is 12.7. The summed E-state index contributed by atoms with van der Waals surface area (Å²) in [5.74, 6) is -0.308. The van der Waals surface area contributed by atoms with Crippen molar-refractivity contribution in [1.29, 1.82) is 0 Å². The Labute approximate surface area is 119 Å². The van der Waals surface area contributed by atoms with Gasteiger partial charge in [0, 0.05) is 26.1 Å². The van der Waals surface area contributed by atoms with Crippen molar-refractivity contribution in [3.05, 3.63) is 0 Å². The minimum atomic E-state index is -3.73. The second-order valence-corrected chi connectivity index (χ2v) is 7.49. The van der Waals surface area contributed by atoms with E-state index < -0.39 is 28.3 Å². The summed E-state index contributed by atoms with van der Waals surface area (Å²) in [6, 6.07) is -0.919. The molecule has 2 heterocycles. The van der Waals surface area contributed by atoms with E-state index in [-0.39, 0.29) is 13.0 Å². The lowest BCUT2D eigenvalue weighted by atomic mass is 10.0. The van der Waals surface area contributed by atoms with Crippen molar-refractivity contribution in [2.45, 2.75) is 38.3 Å². The summed E-state index contributed by atoms with van der Waals surface area (Å²) < 4.78 is 32.4. The van der Waals surface area contributed by atoms with Crippen LogP contribution < -0.4 is 0 Å². The van der Waals surface area contributed by atoms with Gasteiger partial charge in [-0.3, -0.25) is 4.79 Å². The predicted octanol–water partition coefficient (Wildman–Crippen LogP) is -0.429. The Morgan fingerprint density at radius 1 is 1.35 bits per heavy atom. The van der Waals surface area contributed by atoms with E-state index >= 15 is 0 Å². The molecule has 0 aromatic rings. The summed E-state index contributed by atoms with van der Waals surface area (Å²) in [6.07, 6.45) is 1.10. The van der Waals surface area contributed by atoms with E-state index in [1.54, 1.807) is 0 Å². The van der Waals surface area contributed by atoms with Gasteiger partial charge in [-0.1, -0.05) is 6.92 Å². The number of hydrogen-bond donors (Lipinski definition) is 1. The summed E-state index contributed by atoms with van der Waals surface area (Å²) in [7, 11) is -2.50. The minimum Gasteiger partial charge on any atom is -0.468 e. The van der Waals surface area contributed by atoms with Crippen molar-refractivity contribution < 1.29 is 23.1 Å². The van der Waals surface area contributed by atoms with Crippen LogP contribution in [0.4, 0.5) is 0 Å². The number of β-amino-alcohol motifs (C(OH)–C–C–N with tert-alkyl or cyclic N) is 1. The molecule has 1 N–H and O–H groups in total. The van der Waals surface area contributed by atoms with Crippen molar-refractivity contribution >= 4 is 16.2 Å². The third kappa shape index (κ3) is 2.98. The highest BCUT2D eigenvalue weighted by Gasteiger charge is 2.46. The highest BCUT2D eigenvalue weighted by atomic mass is 32.2. The van der Waals surface area contributed by atoms with Gasteiger partial charge in [0.15, 0.2) is 0 Å².